The third-order valence-corrected chi connectivity index (χ3v) is 5.24. The summed E-state index contributed by atoms with van der Waals surface area (Å²) in [4.78, 5) is 17.6. The Morgan fingerprint density at radius 2 is 1.92 bits per heavy atom. The second-order valence-electron chi connectivity index (χ2n) is 6.55. The number of hydrogen-bond donors (Lipinski definition) is 0. The molecule has 0 amide bonds. The van der Waals surface area contributed by atoms with E-state index in [1.54, 1.807) is 13.2 Å². The number of carbonyl (C=O) groups is 1. The predicted molar refractivity (Wildman–Crippen MR) is 92.0 cm³/mol. The Balaban J connectivity index is 2.16. The average molecular weight is 346 g/mol. The van der Waals surface area contributed by atoms with Crippen LogP contribution < -0.4 is 4.74 Å². The zero-order chi connectivity index (χ0) is 17.6. The van der Waals surface area contributed by atoms with Crippen molar-refractivity contribution in [2.45, 2.75) is 46.0 Å². The topological polar surface area (TPSA) is 65.0 Å². The first-order valence-corrected chi connectivity index (χ1v) is 8.26. The molecule has 1 aliphatic rings. The van der Waals surface area contributed by atoms with Crippen molar-refractivity contribution in [2.75, 3.05) is 7.11 Å². The van der Waals surface area contributed by atoms with Crippen LogP contribution in [-0.2, 0) is 11.8 Å². The van der Waals surface area contributed by atoms with Crippen molar-refractivity contribution in [2.24, 2.45) is 0 Å². The van der Waals surface area contributed by atoms with Crippen molar-refractivity contribution >= 4 is 17.4 Å². The zero-order valence-electron chi connectivity index (χ0n) is 14.5. The minimum absolute atomic E-state index is 0.0346. The van der Waals surface area contributed by atoms with Crippen LogP contribution in [0.5, 0.6) is 5.88 Å². The quantitative estimate of drug-likeness (QED) is 0.779. The average Bonchev–Trinajstić information content (AvgIpc) is 2.53. The van der Waals surface area contributed by atoms with Crippen LogP contribution in [-0.4, -0.2) is 28.1 Å². The molecule has 0 saturated carbocycles. The minimum atomic E-state index is -0.721. The van der Waals surface area contributed by atoms with Crippen LogP contribution in [0.3, 0.4) is 0 Å². The molecule has 3 rings (SSSR count). The highest BCUT2D eigenvalue weighted by Crippen LogP contribution is 2.40. The van der Waals surface area contributed by atoms with Gasteiger partial charge in [0.05, 0.1) is 23.9 Å². The number of nitrogens with zero attached hydrogens (tertiary/aromatic N) is 3. The molecule has 126 valence electrons. The summed E-state index contributed by atoms with van der Waals surface area (Å²) in [6, 6.07) is 1.74. The molecular formula is C18H20ClN3O2. The Morgan fingerprint density at radius 3 is 2.58 bits per heavy atom. The highest BCUT2D eigenvalue weighted by atomic mass is 35.5. The second kappa shape index (κ2) is 5.81. The summed E-state index contributed by atoms with van der Waals surface area (Å²) in [5.41, 5.74) is 4.15. The summed E-state index contributed by atoms with van der Waals surface area (Å²) in [6.45, 7) is 7.73. The molecule has 0 aromatic carbocycles. The molecule has 0 aliphatic heterocycles. The molecule has 0 radical (unpaired) electrons. The zero-order valence-corrected chi connectivity index (χ0v) is 15.3. The molecular weight excluding hydrogens is 326 g/mol. The first-order chi connectivity index (χ1) is 11.3. The Kier molecular flexibility index (Phi) is 4.08. The van der Waals surface area contributed by atoms with Crippen LogP contribution in [0.2, 0.25) is 5.15 Å². The van der Waals surface area contributed by atoms with Crippen LogP contribution in [0.1, 0.15) is 51.8 Å². The van der Waals surface area contributed by atoms with E-state index in [-0.39, 0.29) is 5.78 Å². The van der Waals surface area contributed by atoms with Crippen LogP contribution in [0, 0.1) is 20.8 Å². The number of ether oxygens (including phenoxy) is 1. The molecule has 2 heterocycles. The smallest absolute Gasteiger partial charge is 0.236 e. The molecule has 0 spiro atoms. The fraction of sp³-hybridized carbons (Fsp3) is 0.444. The number of carbonyl (C=O) groups excluding carboxylic acids is 1. The predicted octanol–water partition coefficient (Wildman–Crippen LogP) is 3.55. The first kappa shape index (κ1) is 16.8. The van der Waals surface area contributed by atoms with Crippen molar-refractivity contribution in [3.63, 3.8) is 0 Å². The molecule has 1 aliphatic carbocycles. The van der Waals surface area contributed by atoms with Gasteiger partial charge in [0.1, 0.15) is 5.15 Å². The maximum Gasteiger partial charge on any atom is 0.236 e. The van der Waals surface area contributed by atoms with Gasteiger partial charge in [0, 0.05) is 11.1 Å². The third-order valence-electron chi connectivity index (χ3n) is 5.05. The van der Waals surface area contributed by atoms with Gasteiger partial charge < -0.3 is 4.74 Å². The number of ketones is 1. The summed E-state index contributed by atoms with van der Waals surface area (Å²) in [6.07, 6.45) is 1.32. The number of halogens is 1. The number of aryl methyl sites for hydroxylation is 2. The van der Waals surface area contributed by atoms with Gasteiger partial charge in [-0.05, 0) is 57.7 Å². The first-order valence-electron chi connectivity index (χ1n) is 7.88. The largest absolute Gasteiger partial charge is 0.480 e. The summed E-state index contributed by atoms with van der Waals surface area (Å²) < 4.78 is 5.23. The van der Waals surface area contributed by atoms with E-state index in [0.717, 1.165) is 22.4 Å². The molecule has 6 heteroatoms. The Bertz CT molecular complexity index is 851. The number of rotatable bonds is 2. The third kappa shape index (κ3) is 2.38. The lowest BCUT2D eigenvalue weighted by Gasteiger charge is -2.34. The van der Waals surface area contributed by atoms with Gasteiger partial charge in [-0.1, -0.05) is 11.6 Å². The number of hydrogen-bond acceptors (Lipinski definition) is 5. The van der Waals surface area contributed by atoms with Gasteiger partial charge in [0.2, 0.25) is 5.88 Å². The van der Waals surface area contributed by atoms with E-state index in [1.807, 2.05) is 27.7 Å². The molecule has 2 aromatic rings. The highest BCUT2D eigenvalue weighted by molar-refractivity contribution is 6.29. The van der Waals surface area contributed by atoms with Gasteiger partial charge in [-0.2, -0.15) is 5.10 Å². The van der Waals surface area contributed by atoms with Crippen LogP contribution in [0.25, 0.3) is 0 Å². The molecule has 2 aromatic heterocycles. The Morgan fingerprint density at radius 1 is 1.21 bits per heavy atom. The van der Waals surface area contributed by atoms with E-state index >= 15 is 0 Å². The van der Waals surface area contributed by atoms with E-state index in [2.05, 4.69) is 15.2 Å². The monoisotopic (exact) mass is 345 g/mol. The Hall–Kier alpha value is -2.01. The van der Waals surface area contributed by atoms with E-state index in [4.69, 9.17) is 16.3 Å². The number of methoxy groups -OCH3 is 1. The van der Waals surface area contributed by atoms with Gasteiger partial charge in [0.25, 0.3) is 0 Å². The summed E-state index contributed by atoms with van der Waals surface area (Å²) in [7, 11) is 1.57. The minimum Gasteiger partial charge on any atom is -0.480 e. The number of aromatic nitrogens is 3. The van der Waals surface area contributed by atoms with Crippen molar-refractivity contribution in [3.8, 4) is 5.88 Å². The molecule has 0 N–H and O–H groups in total. The normalized spacial score (nSPS) is 20.0. The van der Waals surface area contributed by atoms with E-state index in [1.165, 1.54) is 0 Å². The van der Waals surface area contributed by atoms with E-state index in [9.17, 15) is 4.79 Å². The number of fused-ring (bicyclic) bond motifs is 1. The molecule has 0 fully saturated rings. The molecule has 0 saturated heterocycles. The fourth-order valence-electron chi connectivity index (χ4n) is 3.47. The maximum atomic E-state index is 13.3. The number of Topliss-reactive ketones (excluding diaryl/α,β-unsaturated/α-hetero) is 1. The Labute approximate surface area is 146 Å². The van der Waals surface area contributed by atoms with Crippen LogP contribution >= 0.6 is 11.6 Å². The van der Waals surface area contributed by atoms with Gasteiger partial charge in [-0.3, -0.25) is 4.79 Å². The SMILES string of the molecule is COc1nnc(C2(C)CCc3nc(Cl)cc(C)c3C2=O)c(C)c1C. The van der Waals surface area contributed by atoms with Crippen LogP contribution in [0.15, 0.2) is 6.07 Å². The lowest BCUT2D eigenvalue weighted by molar-refractivity contribution is 0.0868. The highest BCUT2D eigenvalue weighted by Gasteiger charge is 2.44. The summed E-state index contributed by atoms with van der Waals surface area (Å²) in [5.74, 6) is 0.528. The summed E-state index contributed by atoms with van der Waals surface area (Å²) >= 11 is 6.04. The van der Waals surface area contributed by atoms with Crippen molar-refractivity contribution in [1.29, 1.82) is 0 Å². The summed E-state index contributed by atoms with van der Waals surface area (Å²) in [5, 5.41) is 8.91. The molecule has 5 nitrogen and oxygen atoms in total. The molecule has 1 unspecified atom stereocenters. The molecule has 1 atom stereocenters. The standard InChI is InChI=1S/C18H20ClN3O2/c1-9-8-13(19)20-12-6-7-18(4,16(23)14(9)12)15-10(2)11(3)17(24-5)22-21-15/h8H,6-7H2,1-5H3. The maximum absolute atomic E-state index is 13.3. The second-order valence-corrected chi connectivity index (χ2v) is 6.94. The van der Waals surface area contributed by atoms with E-state index < -0.39 is 5.41 Å². The number of pyridine rings is 1. The van der Waals surface area contributed by atoms with Gasteiger partial charge in [-0.25, -0.2) is 4.98 Å². The lowest BCUT2D eigenvalue weighted by Crippen LogP contribution is -2.40. The molecule has 24 heavy (non-hydrogen) atoms. The lowest BCUT2D eigenvalue weighted by atomic mass is 9.69. The van der Waals surface area contributed by atoms with Gasteiger partial charge in [0.15, 0.2) is 5.78 Å². The van der Waals surface area contributed by atoms with Gasteiger partial charge >= 0.3 is 0 Å². The fourth-order valence-corrected chi connectivity index (χ4v) is 3.74. The van der Waals surface area contributed by atoms with E-state index in [0.29, 0.717) is 35.1 Å². The van der Waals surface area contributed by atoms with Crippen molar-refractivity contribution < 1.29 is 9.53 Å². The van der Waals surface area contributed by atoms with Crippen molar-refractivity contribution in [3.05, 3.63) is 44.9 Å². The van der Waals surface area contributed by atoms with Crippen molar-refractivity contribution in [1.82, 2.24) is 15.2 Å². The molecule has 0 bridgehead atoms. The van der Waals surface area contributed by atoms with Gasteiger partial charge in [-0.15, -0.1) is 5.10 Å². The van der Waals surface area contributed by atoms with Crippen LogP contribution in [0.4, 0.5) is 0 Å².